The van der Waals surface area contributed by atoms with Gasteiger partial charge in [-0.3, -0.25) is 4.79 Å². The van der Waals surface area contributed by atoms with E-state index < -0.39 is 5.97 Å². The number of rotatable bonds is 4. The van der Waals surface area contributed by atoms with Crippen LogP contribution in [0, 0.1) is 17.3 Å². The number of benzene rings is 1. The summed E-state index contributed by atoms with van der Waals surface area (Å²) in [6, 6.07) is 9.81. The average molecular weight is 283 g/mol. The minimum Gasteiger partial charge on any atom is -0.481 e. The number of halogens is 1. The van der Waals surface area contributed by atoms with Crippen LogP contribution in [0.4, 0.5) is 0 Å². The molecule has 2 rings (SSSR count). The molecule has 0 amide bonds. The summed E-state index contributed by atoms with van der Waals surface area (Å²) in [5, 5.41) is 9.08. The molecule has 0 aromatic heterocycles. The zero-order valence-corrected chi connectivity index (χ0v) is 11.8. The van der Waals surface area contributed by atoms with Gasteiger partial charge in [-0.1, -0.05) is 61.5 Å². The fourth-order valence-corrected chi connectivity index (χ4v) is 3.37. The van der Waals surface area contributed by atoms with Gasteiger partial charge in [-0.2, -0.15) is 0 Å². The molecule has 1 fully saturated rings. The Hall–Kier alpha value is -0.930. The molecule has 0 spiro atoms. The highest BCUT2D eigenvalue weighted by Crippen LogP contribution is 2.60. The normalized spacial score (nSPS) is 25.8. The molecular formula is C14H15ClO2S. The van der Waals surface area contributed by atoms with Crippen molar-refractivity contribution in [3.8, 4) is 0 Å². The van der Waals surface area contributed by atoms with Crippen LogP contribution < -0.4 is 0 Å². The number of carboxylic acid groups (broad SMARTS) is 1. The van der Waals surface area contributed by atoms with Crippen molar-refractivity contribution in [3.63, 3.8) is 0 Å². The maximum Gasteiger partial charge on any atom is 0.307 e. The zero-order chi connectivity index (χ0) is 13.3. The van der Waals surface area contributed by atoms with Gasteiger partial charge in [-0.25, -0.2) is 0 Å². The maximum atomic E-state index is 11.0. The van der Waals surface area contributed by atoms with Gasteiger partial charge in [0.15, 0.2) is 0 Å². The molecule has 2 atom stereocenters. The number of hydrogen-bond donors (Lipinski definition) is 1. The van der Waals surface area contributed by atoms with Crippen LogP contribution >= 0.6 is 23.4 Å². The predicted molar refractivity (Wildman–Crippen MR) is 74.6 cm³/mol. The second-order valence-electron chi connectivity index (χ2n) is 5.05. The summed E-state index contributed by atoms with van der Waals surface area (Å²) in [5.74, 6) is -1.03. The van der Waals surface area contributed by atoms with E-state index in [2.05, 4.69) is 0 Å². The van der Waals surface area contributed by atoms with E-state index >= 15 is 0 Å². The van der Waals surface area contributed by atoms with Gasteiger partial charge in [0.05, 0.1) is 10.3 Å². The molecule has 0 unspecified atom stereocenters. The Bertz CT molecular complexity index is 482. The standard InChI is InChI=1S/C14H15ClO2S/c1-14(2)10(12(14)13(16)17)8-11(15)18-9-6-4-3-5-7-9/h3-8,10,12H,1-2H3,(H,16,17)/b11-8-/t10-,12-/m0/s1. The first-order valence-corrected chi connectivity index (χ1v) is 6.95. The van der Waals surface area contributed by atoms with Gasteiger partial charge in [-0.05, 0) is 23.5 Å². The van der Waals surface area contributed by atoms with Gasteiger partial charge in [0.2, 0.25) is 0 Å². The van der Waals surface area contributed by atoms with E-state index in [0.29, 0.717) is 4.36 Å². The molecule has 0 heterocycles. The number of carboxylic acids is 1. The summed E-state index contributed by atoms with van der Waals surface area (Å²) < 4.78 is 0.642. The molecule has 1 aromatic rings. The average Bonchev–Trinajstić information content (AvgIpc) is 2.81. The van der Waals surface area contributed by atoms with Crippen molar-refractivity contribution >= 4 is 29.3 Å². The third kappa shape index (κ3) is 2.73. The van der Waals surface area contributed by atoms with E-state index in [4.69, 9.17) is 16.7 Å². The highest BCUT2D eigenvalue weighted by molar-refractivity contribution is 8.04. The topological polar surface area (TPSA) is 37.3 Å². The van der Waals surface area contributed by atoms with Gasteiger partial charge >= 0.3 is 5.97 Å². The van der Waals surface area contributed by atoms with Crippen LogP contribution in [-0.2, 0) is 4.79 Å². The van der Waals surface area contributed by atoms with Crippen LogP contribution in [0.2, 0.25) is 0 Å². The van der Waals surface area contributed by atoms with E-state index in [-0.39, 0.29) is 17.3 Å². The molecule has 1 aliphatic carbocycles. The monoisotopic (exact) mass is 282 g/mol. The Morgan fingerprint density at radius 2 is 2.00 bits per heavy atom. The molecule has 0 bridgehead atoms. The minimum atomic E-state index is -0.740. The van der Waals surface area contributed by atoms with Crippen molar-refractivity contribution in [2.24, 2.45) is 17.3 Å². The first-order valence-electron chi connectivity index (χ1n) is 5.76. The minimum absolute atomic E-state index is 0.0266. The van der Waals surface area contributed by atoms with Crippen LogP contribution in [0.25, 0.3) is 0 Å². The lowest BCUT2D eigenvalue weighted by Crippen LogP contribution is -2.02. The smallest absolute Gasteiger partial charge is 0.307 e. The lowest BCUT2D eigenvalue weighted by molar-refractivity contribution is -0.139. The molecule has 1 aliphatic rings. The number of allylic oxidation sites excluding steroid dienone is 1. The Labute approximate surface area is 116 Å². The van der Waals surface area contributed by atoms with Crippen molar-refractivity contribution < 1.29 is 9.90 Å². The number of hydrogen-bond acceptors (Lipinski definition) is 2. The SMILES string of the molecule is CC1(C)[C@H](C(=O)O)[C@@H]1/C=C(/Cl)Sc1ccccc1. The predicted octanol–water partition coefficient (Wildman–Crippen LogP) is 4.22. The Morgan fingerprint density at radius 1 is 1.39 bits per heavy atom. The van der Waals surface area contributed by atoms with Gasteiger partial charge in [0.25, 0.3) is 0 Å². The zero-order valence-electron chi connectivity index (χ0n) is 10.3. The lowest BCUT2D eigenvalue weighted by atomic mass is 10.1. The second-order valence-corrected chi connectivity index (χ2v) is 6.80. The highest BCUT2D eigenvalue weighted by Gasteiger charge is 2.61. The third-order valence-corrected chi connectivity index (χ3v) is 4.64. The Kier molecular flexibility index (Phi) is 3.74. The highest BCUT2D eigenvalue weighted by atomic mass is 35.5. The van der Waals surface area contributed by atoms with Crippen molar-refractivity contribution in [3.05, 3.63) is 40.8 Å². The van der Waals surface area contributed by atoms with Crippen LogP contribution in [0.3, 0.4) is 0 Å². The van der Waals surface area contributed by atoms with Gasteiger partial charge in [0, 0.05) is 4.90 Å². The summed E-state index contributed by atoms with van der Waals surface area (Å²) in [4.78, 5) is 12.1. The third-order valence-electron chi connectivity index (χ3n) is 3.45. The summed E-state index contributed by atoms with van der Waals surface area (Å²) in [7, 11) is 0. The summed E-state index contributed by atoms with van der Waals surface area (Å²) in [5.41, 5.74) is -0.191. The molecule has 1 saturated carbocycles. The lowest BCUT2D eigenvalue weighted by Gasteiger charge is -2.00. The first-order chi connectivity index (χ1) is 8.43. The van der Waals surface area contributed by atoms with E-state index in [1.165, 1.54) is 11.8 Å². The largest absolute Gasteiger partial charge is 0.481 e. The van der Waals surface area contributed by atoms with E-state index in [9.17, 15) is 4.79 Å². The fourth-order valence-electron chi connectivity index (χ4n) is 2.24. The Balaban J connectivity index is 2.05. The van der Waals surface area contributed by atoms with Gasteiger partial charge < -0.3 is 5.11 Å². The van der Waals surface area contributed by atoms with Crippen LogP contribution in [0.1, 0.15) is 13.8 Å². The molecule has 0 saturated heterocycles. The number of carbonyl (C=O) groups is 1. The molecule has 2 nitrogen and oxygen atoms in total. The molecule has 0 radical (unpaired) electrons. The molecule has 1 aromatic carbocycles. The van der Waals surface area contributed by atoms with Gasteiger partial charge in [0.1, 0.15) is 0 Å². The quantitative estimate of drug-likeness (QED) is 0.840. The van der Waals surface area contributed by atoms with Crippen molar-refractivity contribution in [2.75, 3.05) is 0 Å². The fraction of sp³-hybridized carbons (Fsp3) is 0.357. The summed E-state index contributed by atoms with van der Waals surface area (Å²) in [6.07, 6.45) is 1.87. The maximum absolute atomic E-state index is 11.0. The van der Waals surface area contributed by atoms with Gasteiger partial charge in [-0.15, -0.1) is 0 Å². The van der Waals surface area contributed by atoms with E-state index in [0.717, 1.165) is 4.90 Å². The van der Waals surface area contributed by atoms with Crippen LogP contribution in [0.15, 0.2) is 45.7 Å². The van der Waals surface area contributed by atoms with E-state index in [1.54, 1.807) is 0 Å². The van der Waals surface area contributed by atoms with Crippen LogP contribution in [-0.4, -0.2) is 11.1 Å². The van der Waals surface area contributed by atoms with E-state index in [1.807, 2.05) is 50.3 Å². The van der Waals surface area contributed by atoms with Crippen molar-refractivity contribution in [1.82, 2.24) is 0 Å². The molecule has 1 N–H and O–H groups in total. The second kappa shape index (κ2) is 4.98. The van der Waals surface area contributed by atoms with Crippen molar-refractivity contribution in [1.29, 1.82) is 0 Å². The van der Waals surface area contributed by atoms with Crippen molar-refractivity contribution in [2.45, 2.75) is 18.7 Å². The summed E-state index contributed by atoms with van der Waals surface area (Å²) >= 11 is 7.64. The first kappa shape index (κ1) is 13.5. The number of thioether (sulfide) groups is 1. The molecule has 18 heavy (non-hydrogen) atoms. The number of aliphatic carboxylic acids is 1. The summed E-state index contributed by atoms with van der Waals surface area (Å²) in [6.45, 7) is 3.93. The molecular weight excluding hydrogens is 268 g/mol. The Morgan fingerprint density at radius 3 is 2.50 bits per heavy atom. The van der Waals surface area contributed by atoms with Crippen LogP contribution in [0.5, 0.6) is 0 Å². The molecule has 4 heteroatoms. The molecule has 96 valence electrons. The molecule has 0 aliphatic heterocycles.